The number of hydrogen-bond acceptors (Lipinski definition) is 7. The second kappa shape index (κ2) is 14.5. The Morgan fingerprint density at radius 2 is 1.30 bits per heavy atom. The molecule has 3 aromatic carbocycles. The maximum absolute atomic E-state index is 13.2. The maximum Gasteiger partial charge on any atom is 0.408 e. The van der Waals surface area contributed by atoms with E-state index in [1.165, 1.54) is 0 Å². The molecule has 0 saturated heterocycles. The second-order valence-corrected chi connectivity index (χ2v) is 16.8. The highest BCUT2D eigenvalue weighted by Crippen LogP contribution is 2.37. The van der Waals surface area contributed by atoms with Gasteiger partial charge < -0.3 is 29.6 Å². The highest BCUT2D eigenvalue weighted by molar-refractivity contribution is 7.00. The molecular weight excluding hydrogens is 576 g/mol. The molecule has 0 aliphatic carbocycles. The summed E-state index contributed by atoms with van der Waals surface area (Å²) in [5, 5.41) is 16.7. The Bertz CT molecular complexity index is 1350. The molecule has 0 spiro atoms. The summed E-state index contributed by atoms with van der Waals surface area (Å²) in [4.78, 5) is 37.8. The first kappa shape index (κ1) is 34.3. The molecule has 2 atom stereocenters. The predicted molar refractivity (Wildman–Crippen MR) is 173 cm³/mol. The molecule has 0 saturated carbocycles. The van der Waals surface area contributed by atoms with Gasteiger partial charge in [0, 0.05) is 6.42 Å². The van der Waals surface area contributed by atoms with E-state index in [1.54, 1.807) is 20.8 Å². The van der Waals surface area contributed by atoms with Crippen LogP contribution in [0.25, 0.3) is 0 Å². The summed E-state index contributed by atoms with van der Waals surface area (Å²) in [5.74, 6) is -0.801. The van der Waals surface area contributed by atoms with Crippen molar-refractivity contribution in [2.24, 2.45) is 0 Å². The van der Waals surface area contributed by atoms with Crippen molar-refractivity contribution < 1.29 is 33.4 Å². The number of carbonyl (C=O) groups is 3. The summed E-state index contributed by atoms with van der Waals surface area (Å²) >= 11 is 0. The minimum absolute atomic E-state index is 0.0872. The van der Waals surface area contributed by atoms with Crippen molar-refractivity contribution in [3.05, 3.63) is 90.5 Å². The van der Waals surface area contributed by atoms with Gasteiger partial charge in [0.1, 0.15) is 17.4 Å². The van der Waals surface area contributed by atoms with Gasteiger partial charge in [0.25, 0.3) is 0 Å². The monoisotopic (exact) mass is 620 g/mol. The highest BCUT2D eigenvalue weighted by Gasteiger charge is 2.52. The lowest BCUT2D eigenvalue weighted by atomic mass is 10.0. The molecule has 44 heavy (non-hydrogen) atoms. The second-order valence-electron chi connectivity index (χ2n) is 12.6. The Labute approximate surface area is 261 Å². The number of aliphatic hydroxyl groups excluding tert-OH is 1. The molecule has 3 aromatic rings. The van der Waals surface area contributed by atoms with E-state index in [0.717, 1.165) is 23.0 Å². The van der Waals surface area contributed by atoms with Crippen LogP contribution < -0.4 is 25.4 Å². The lowest BCUT2D eigenvalue weighted by Crippen LogP contribution is -2.68. The summed E-state index contributed by atoms with van der Waals surface area (Å²) in [6.45, 7) is 11.1. The first-order valence-corrected chi connectivity index (χ1v) is 16.5. The molecule has 9 nitrogen and oxygen atoms in total. The van der Waals surface area contributed by atoms with Crippen LogP contribution in [0, 0.1) is 0 Å². The molecule has 10 heteroatoms. The van der Waals surface area contributed by atoms with Crippen LogP contribution in [0.4, 0.5) is 4.79 Å². The fourth-order valence-electron chi connectivity index (χ4n) is 5.01. The fourth-order valence-corrected chi connectivity index (χ4v) is 9.43. The number of aliphatic hydroxyl groups is 1. The van der Waals surface area contributed by atoms with Crippen molar-refractivity contribution in [2.75, 3.05) is 13.7 Å². The van der Waals surface area contributed by atoms with E-state index in [1.807, 2.05) is 60.7 Å². The van der Waals surface area contributed by atoms with E-state index >= 15 is 0 Å². The molecular formula is C34H44N2O7Si. The van der Waals surface area contributed by atoms with Crippen molar-refractivity contribution in [1.82, 2.24) is 10.6 Å². The maximum atomic E-state index is 13.2. The third kappa shape index (κ3) is 8.70. The van der Waals surface area contributed by atoms with Crippen LogP contribution in [-0.4, -0.2) is 62.8 Å². The average Bonchev–Trinajstić information content (AvgIpc) is 2.98. The van der Waals surface area contributed by atoms with Gasteiger partial charge in [-0.15, -0.1) is 0 Å². The summed E-state index contributed by atoms with van der Waals surface area (Å²) in [7, 11) is -1.69. The smallest absolute Gasteiger partial charge is 0.408 e. The molecule has 0 radical (unpaired) electrons. The van der Waals surface area contributed by atoms with Crippen molar-refractivity contribution in [3.8, 4) is 5.75 Å². The molecule has 0 unspecified atom stereocenters. The van der Waals surface area contributed by atoms with E-state index in [0.29, 0.717) is 5.75 Å². The third-order valence-electron chi connectivity index (χ3n) is 7.04. The third-order valence-corrected chi connectivity index (χ3v) is 12.0. The molecule has 3 N–H and O–H groups in total. The Balaban J connectivity index is 1.93. The predicted octanol–water partition coefficient (Wildman–Crippen LogP) is 3.71. The zero-order chi connectivity index (χ0) is 32.5. The van der Waals surface area contributed by atoms with Crippen molar-refractivity contribution >= 4 is 36.7 Å². The number of ether oxygens (including phenoxy) is 2. The molecule has 2 amide bonds. The van der Waals surface area contributed by atoms with Crippen molar-refractivity contribution in [3.63, 3.8) is 0 Å². The normalized spacial score (nSPS) is 13.3. The first-order chi connectivity index (χ1) is 20.7. The largest absolute Gasteiger partial charge is 0.534 e. The minimum Gasteiger partial charge on any atom is -0.534 e. The number of rotatable bonds is 11. The number of nitrogens with one attached hydrogen (secondary N) is 2. The quantitative estimate of drug-likeness (QED) is 0.221. The van der Waals surface area contributed by atoms with Gasteiger partial charge in [-0.2, -0.15) is 0 Å². The summed E-state index contributed by atoms with van der Waals surface area (Å²) < 4.78 is 17.1. The van der Waals surface area contributed by atoms with Crippen molar-refractivity contribution in [1.29, 1.82) is 0 Å². The van der Waals surface area contributed by atoms with E-state index < -0.39 is 50.6 Å². The van der Waals surface area contributed by atoms with Gasteiger partial charge in [-0.05, 0) is 53.9 Å². The molecule has 0 bridgehead atoms. The van der Waals surface area contributed by atoms with Gasteiger partial charge in [-0.1, -0.05) is 93.6 Å². The lowest BCUT2D eigenvalue weighted by Gasteiger charge is -2.43. The fraction of sp³-hybridized carbons (Fsp3) is 0.382. The number of esters is 1. The summed E-state index contributed by atoms with van der Waals surface area (Å²) in [6.07, 6.45) is -0.702. The van der Waals surface area contributed by atoms with Crippen LogP contribution in [0.15, 0.2) is 84.9 Å². The molecule has 3 rings (SSSR count). The summed E-state index contributed by atoms with van der Waals surface area (Å²) in [6, 6.07) is 25.6. The molecule has 0 fully saturated rings. The molecule has 0 aromatic heterocycles. The Morgan fingerprint density at radius 1 is 0.773 bits per heavy atom. The molecule has 236 valence electrons. The molecule has 0 aliphatic rings. The van der Waals surface area contributed by atoms with E-state index in [-0.39, 0.29) is 11.5 Å². The Hall–Kier alpha value is -4.15. The van der Waals surface area contributed by atoms with Crippen LogP contribution in [0.2, 0.25) is 5.04 Å². The van der Waals surface area contributed by atoms with Crippen LogP contribution in [0.5, 0.6) is 5.75 Å². The van der Waals surface area contributed by atoms with Gasteiger partial charge in [-0.25, -0.2) is 9.59 Å². The van der Waals surface area contributed by atoms with E-state index in [9.17, 15) is 19.5 Å². The number of hydrogen-bond donors (Lipinski definition) is 3. The number of benzene rings is 3. The number of carbonyl (C=O) groups excluding carboxylic acids is 3. The van der Waals surface area contributed by atoms with Gasteiger partial charge >= 0.3 is 20.4 Å². The van der Waals surface area contributed by atoms with Crippen LogP contribution >= 0.6 is 0 Å². The Kier molecular flexibility index (Phi) is 11.4. The van der Waals surface area contributed by atoms with Gasteiger partial charge in [-0.3, -0.25) is 4.79 Å². The Morgan fingerprint density at radius 3 is 1.73 bits per heavy atom. The topological polar surface area (TPSA) is 123 Å². The number of amides is 2. The van der Waals surface area contributed by atoms with Crippen LogP contribution in [-0.2, 0) is 25.5 Å². The van der Waals surface area contributed by atoms with Crippen LogP contribution in [0.3, 0.4) is 0 Å². The van der Waals surface area contributed by atoms with Crippen molar-refractivity contribution in [2.45, 2.75) is 70.7 Å². The van der Waals surface area contributed by atoms with Crippen LogP contribution in [0.1, 0.15) is 47.1 Å². The molecule has 0 heterocycles. The zero-order valence-electron chi connectivity index (χ0n) is 26.5. The summed E-state index contributed by atoms with van der Waals surface area (Å²) in [5.41, 5.74) is -0.0559. The SMILES string of the molecule is COC(=O)[C@H](CO)NC(=O)[C@H](Cc1ccc(O[Si](c2ccccc2)(c2ccccc2)C(C)(C)C)cc1)NC(=O)OC(C)(C)C. The van der Waals surface area contributed by atoms with E-state index in [4.69, 9.17) is 9.16 Å². The number of alkyl carbamates (subject to hydrolysis) is 1. The van der Waals surface area contributed by atoms with Gasteiger partial charge in [0.05, 0.1) is 13.7 Å². The van der Waals surface area contributed by atoms with Gasteiger partial charge in [0.15, 0.2) is 6.04 Å². The first-order valence-electron chi connectivity index (χ1n) is 14.6. The lowest BCUT2D eigenvalue weighted by molar-refractivity contribution is -0.146. The number of methoxy groups -OCH3 is 1. The standard InChI is InChI=1S/C34H44N2O7Si/c1-33(2,3)42-32(40)36-28(30(38)35-29(23-37)31(39)41-7)22-24-18-20-25(21-19-24)43-44(34(4,5)6,26-14-10-8-11-15-26)27-16-12-9-13-17-27/h8-21,28-29,37H,22-23H2,1-7H3,(H,35,38)(H,36,40)/t28-,29-/m0/s1. The minimum atomic E-state index is -2.84. The van der Waals surface area contributed by atoms with E-state index in [2.05, 4.69) is 60.4 Å². The average molecular weight is 621 g/mol. The molecule has 0 aliphatic heterocycles. The zero-order valence-corrected chi connectivity index (χ0v) is 27.5. The van der Waals surface area contributed by atoms with Gasteiger partial charge in [0.2, 0.25) is 5.91 Å². The highest BCUT2D eigenvalue weighted by atomic mass is 28.4.